The van der Waals surface area contributed by atoms with Gasteiger partial charge in [-0.1, -0.05) is 43.0 Å². The highest BCUT2D eigenvalue weighted by Gasteiger charge is 2.17. The molecular formula is C15H21Cl2NO. The van der Waals surface area contributed by atoms with Crippen LogP contribution in [0.5, 0.6) is 5.75 Å². The molecule has 0 aliphatic heterocycles. The van der Waals surface area contributed by atoms with Crippen LogP contribution in [0.1, 0.15) is 32.6 Å². The van der Waals surface area contributed by atoms with E-state index < -0.39 is 0 Å². The van der Waals surface area contributed by atoms with Gasteiger partial charge in [-0.05, 0) is 37.0 Å². The lowest BCUT2D eigenvalue weighted by Crippen LogP contribution is -2.36. The molecule has 2 rings (SSSR count). The second kappa shape index (κ2) is 7.37. The Morgan fingerprint density at radius 3 is 2.89 bits per heavy atom. The minimum atomic E-state index is 0.568. The molecule has 2 nitrogen and oxygen atoms in total. The van der Waals surface area contributed by atoms with Crippen molar-refractivity contribution in [1.82, 2.24) is 5.32 Å². The van der Waals surface area contributed by atoms with Crippen molar-refractivity contribution in [2.24, 2.45) is 5.92 Å². The van der Waals surface area contributed by atoms with E-state index in [0.29, 0.717) is 28.4 Å². The summed E-state index contributed by atoms with van der Waals surface area (Å²) in [6, 6.07) is 5.95. The number of nitrogens with one attached hydrogen (secondary N) is 1. The average Bonchev–Trinajstić information content (AvgIpc) is 2.37. The Hall–Kier alpha value is -0.440. The molecule has 0 saturated heterocycles. The van der Waals surface area contributed by atoms with Gasteiger partial charge >= 0.3 is 0 Å². The van der Waals surface area contributed by atoms with E-state index in [1.165, 1.54) is 25.7 Å². The van der Waals surface area contributed by atoms with Gasteiger partial charge in [-0.3, -0.25) is 0 Å². The van der Waals surface area contributed by atoms with Crippen LogP contribution in [0.15, 0.2) is 18.2 Å². The molecule has 0 radical (unpaired) electrons. The number of hydrogen-bond donors (Lipinski definition) is 1. The van der Waals surface area contributed by atoms with Crippen molar-refractivity contribution in [2.75, 3.05) is 13.2 Å². The Bertz CT molecular complexity index is 411. The van der Waals surface area contributed by atoms with Crippen molar-refractivity contribution in [3.8, 4) is 5.75 Å². The maximum Gasteiger partial charge on any atom is 0.138 e. The molecule has 0 bridgehead atoms. The largest absolute Gasteiger partial charge is 0.491 e. The Morgan fingerprint density at radius 2 is 2.16 bits per heavy atom. The van der Waals surface area contributed by atoms with Gasteiger partial charge in [0, 0.05) is 17.6 Å². The van der Waals surface area contributed by atoms with E-state index in [-0.39, 0.29) is 0 Å². The molecule has 1 aromatic carbocycles. The van der Waals surface area contributed by atoms with Gasteiger partial charge in [0.05, 0.1) is 5.02 Å². The SMILES string of the molecule is CC1CCCC(NCCOc2ccc(Cl)cc2Cl)C1. The Labute approximate surface area is 125 Å². The molecule has 4 heteroatoms. The number of rotatable bonds is 5. The van der Waals surface area contributed by atoms with Crippen molar-refractivity contribution in [3.05, 3.63) is 28.2 Å². The molecule has 2 atom stereocenters. The molecular weight excluding hydrogens is 281 g/mol. The van der Waals surface area contributed by atoms with E-state index in [1.54, 1.807) is 12.1 Å². The third-order valence-electron chi connectivity index (χ3n) is 3.62. The molecule has 1 saturated carbocycles. The highest BCUT2D eigenvalue weighted by atomic mass is 35.5. The van der Waals surface area contributed by atoms with Crippen LogP contribution in [-0.4, -0.2) is 19.2 Å². The second-order valence-corrected chi connectivity index (χ2v) is 6.19. The summed E-state index contributed by atoms with van der Waals surface area (Å²) in [6.45, 7) is 3.82. The fraction of sp³-hybridized carbons (Fsp3) is 0.600. The Balaban J connectivity index is 1.69. The zero-order chi connectivity index (χ0) is 13.7. The fourth-order valence-corrected chi connectivity index (χ4v) is 3.10. The molecule has 0 heterocycles. The van der Waals surface area contributed by atoms with E-state index in [9.17, 15) is 0 Å². The molecule has 2 unspecified atom stereocenters. The summed E-state index contributed by atoms with van der Waals surface area (Å²) in [5, 5.41) is 4.76. The van der Waals surface area contributed by atoms with Crippen molar-refractivity contribution in [2.45, 2.75) is 38.6 Å². The zero-order valence-electron chi connectivity index (χ0n) is 11.3. The molecule has 0 spiro atoms. The number of benzene rings is 1. The molecule has 0 aromatic heterocycles. The first-order valence-electron chi connectivity index (χ1n) is 6.96. The molecule has 1 fully saturated rings. The smallest absolute Gasteiger partial charge is 0.138 e. The van der Waals surface area contributed by atoms with Crippen molar-refractivity contribution >= 4 is 23.2 Å². The summed E-state index contributed by atoms with van der Waals surface area (Å²) in [5.74, 6) is 1.54. The summed E-state index contributed by atoms with van der Waals surface area (Å²) < 4.78 is 5.66. The molecule has 1 N–H and O–H groups in total. The molecule has 1 aliphatic carbocycles. The van der Waals surface area contributed by atoms with Gasteiger partial charge in [-0.2, -0.15) is 0 Å². The summed E-state index contributed by atoms with van der Waals surface area (Å²) in [6.07, 6.45) is 5.27. The van der Waals surface area contributed by atoms with E-state index in [2.05, 4.69) is 12.2 Å². The summed E-state index contributed by atoms with van der Waals surface area (Å²) in [7, 11) is 0. The van der Waals surface area contributed by atoms with Crippen LogP contribution in [0.25, 0.3) is 0 Å². The van der Waals surface area contributed by atoms with E-state index >= 15 is 0 Å². The lowest BCUT2D eigenvalue weighted by Gasteiger charge is -2.27. The average molecular weight is 302 g/mol. The lowest BCUT2D eigenvalue weighted by atomic mass is 9.87. The van der Waals surface area contributed by atoms with Crippen molar-refractivity contribution in [3.63, 3.8) is 0 Å². The first-order chi connectivity index (χ1) is 9.15. The normalized spacial score (nSPS) is 23.3. The number of ether oxygens (including phenoxy) is 1. The van der Waals surface area contributed by atoms with Gasteiger partial charge < -0.3 is 10.1 Å². The number of halogens is 2. The van der Waals surface area contributed by atoms with E-state index in [4.69, 9.17) is 27.9 Å². The number of hydrogen-bond acceptors (Lipinski definition) is 2. The van der Waals surface area contributed by atoms with Crippen LogP contribution in [0.4, 0.5) is 0 Å². The van der Waals surface area contributed by atoms with Gasteiger partial charge in [0.15, 0.2) is 0 Å². The second-order valence-electron chi connectivity index (χ2n) is 5.35. The summed E-state index contributed by atoms with van der Waals surface area (Å²) in [5.41, 5.74) is 0. The van der Waals surface area contributed by atoms with Crippen LogP contribution >= 0.6 is 23.2 Å². The van der Waals surface area contributed by atoms with Gasteiger partial charge in [-0.15, -0.1) is 0 Å². The minimum Gasteiger partial charge on any atom is -0.491 e. The van der Waals surface area contributed by atoms with Crippen LogP contribution in [-0.2, 0) is 0 Å². The first kappa shape index (κ1) is 15.0. The molecule has 106 valence electrons. The quantitative estimate of drug-likeness (QED) is 0.806. The van der Waals surface area contributed by atoms with Crippen molar-refractivity contribution in [1.29, 1.82) is 0 Å². The van der Waals surface area contributed by atoms with Crippen molar-refractivity contribution < 1.29 is 4.74 Å². The van der Waals surface area contributed by atoms with E-state index in [1.807, 2.05) is 6.07 Å². The zero-order valence-corrected chi connectivity index (χ0v) is 12.8. The molecule has 1 aromatic rings. The predicted octanol–water partition coefficient (Wildman–Crippen LogP) is 4.54. The van der Waals surface area contributed by atoms with Gasteiger partial charge in [0.2, 0.25) is 0 Å². The highest BCUT2D eigenvalue weighted by Crippen LogP contribution is 2.27. The van der Waals surface area contributed by atoms with E-state index in [0.717, 1.165) is 12.5 Å². The van der Waals surface area contributed by atoms with Crippen LogP contribution in [0.2, 0.25) is 10.0 Å². The van der Waals surface area contributed by atoms with Crippen LogP contribution in [0.3, 0.4) is 0 Å². The highest BCUT2D eigenvalue weighted by molar-refractivity contribution is 6.35. The maximum absolute atomic E-state index is 6.05. The predicted molar refractivity (Wildman–Crippen MR) is 81.4 cm³/mol. The lowest BCUT2D eigenvalue weighted by molar-refractivity contribution is 0.266. The standard InChI is InChI=1S/C15H21Cl2NO/c1-11-3-2-4-13(9-11)18-7-8-19-15-6-5-12(16)10-14(15)17/h5-6,10-11,13,18H,2-4,7-9H2,1H3. The molecule has 1 aliphatic rings. The summed E-state index contributed by atoms with van der Waals surface area (Å²) in [4.78, 5) is 0. The Morgan fingerprint density at radius 1 is 1.32 bits per heavy atom. The van der Waals surface area contributed by atoms with Gasteiger partial charge in [0.25, 0.3) is 0 Å². The van der Waals surface area contributed by atoms with Gasteiger partial charge in [-0.25, -0.2) is 0 Å². The van der Waals surface area contributed by atoms with Gasteiger partial charge in [0.1, 0.15) is 12.4 Å². The van der Waals surface area contributed by atoms with Crippen LogP contribution < -0.4 is 10.1 Å². The van der Waals surface area contributed by atoms with Crippen LogP contribution in [0, 0.1) is 5.92 Å². The Kier molecular flexibility index (Phi) is 5.80. The third-order valence-corrected chi connectivity index (χ3v) is 4.15. The maximum atomic E-state index is 6.05. The minimum absolute atomic E-state index is 0.568. The third kappa shape index (κ3) is 4.87. The molecule has 19 heavy (non-hydrogen) atoms. The summed E-state index contributed by atoms with van der Waals surface area (Å²) >= 11 is 11.9. The molecule has 0 amide bonds. The monoisotopic (exact) mass is 301 g/mol. The first-order valence-corrected chi connectivity index (χ1v) is 7.72. The fourth-order valence-electron chi connectivity index (χ4n) is 2.64. The topological polar surface area (TPSA) is 21.3 Å².